The fraction of sp³-hybridized carbons (Fsp3) is 0.0400. The number of fused-ring (bicyclic) bond motifs is 1. The van der Waals surface area contributed by atoms with Crippen molar-refractivity contribution >= 4 is 51.6 Å². The Kier molecular flexibility index (Phi) is 6.05. The van der Waals surface area contributed by atoms with E-state index in [1.807, 2.05) is 66.7 Å². The molecule has 0 fully saturated rings. The average molecular weight is 470 g/mol. The lowest BCUT2D eigenvalue weighted by Crippen LogP contribution is -2.22. The number of amides is 1. The zero-order valence-electron chi connectivity index (χ0n) is 17.9. The molecule has 0 unspecified atom stereocenters. The smallest absolute Gasteiger partial charge is 0.251 e. The molecule has 0 saturated heterocycles. The molecule has 0 saturated carbocycles. The lowest BCUT2D eigenvalue weighted by Gasteiger charge is -2.10. The van der Waals surface area contributed by atoms with E-state index < -0.39 is 0 Å². The Morgan fingerprint density at radius 1 is 0.882 bits per heavy atom. The molecular formula is C25H20ClN7O. The molecule has 0 bridgehead atoms. The normalized spacial score (nSPS) is 10.7. The van der Waals surface area contributed by atoms with Gasteiger partial charge in [-0.25, -0.2) is 9.97 Å². The first kappa shape index (κ1) is 21.4. The van der Waals surface area contributed by atoms with Crippen molar-refractivity contribution in [3.8, 4) is 0 Å². The molecule has 3 aromatic carbocycles. The number of hydrogen-bond acceptors (Lipinski definition) is 6. The summed E-state index contributed by atoms with van der Waals surface area (Å²) in [6.07, 6.45) is 1.46. The summed E-state index contributed by atoms with van der Waals surface area (Å²) in [6, 6.07) is 24.3. The molecule has 1 amide bonds. The van der Waals surface area contributed by atoms with Crippen LogP contribution in [-0.2, 0) is 6.54 Å². The lowest BCUT2D eigenvalue weighted by molar-refractivity contribution is 0.0951. The molecule has 4 N–H and O–H groups in total. The van der Waals surface area contributed by atoms with Crippen LogP contribution in [0.2, 0.25) is 5.02 Å². The number of nitrogens with one attached hydrogen (secondary N) is 4. The number of hydrogen-bond donors (Lipinski definition) is 4. The zero-order valence-corrected chi connectivity index (χ0v) is 18.7. The Balaban J connectivity index is 1.30. The van der Waals surface area contributed by atoms with Crippen LogP contribution in [0.1, 0.15) is 15.9 Å². The standard InChI is InChI=1S/C25H20ClN7O/c26-18-7-4-8-20(13-18)31-22-21-23(29-15-28-22)32-33-24(21)30-19-11-9-16(10-12-19)14-27-25(34)17-5-2-1-3-6-17/h1-13,15H,14H2,(H,27,34)(H3,28,29,30,31,32,33). The third-order valence-corrected chi connectivity index (χ3v) is 5.39. The number of carbonyl (C=O) groups is 1. The van der Waals surface area contributed by atoms with E-state index in [1.165, 1.54) is 6.33 Å². The van der Waals surface area contributed by atoms with Gasteiger partial charge in [-0.1, -0.05) is 48.0 Å². The summed E-state index contributed by atoms with van der Waals surface area (Å²) in [5, 5.41) is 18.1. The molecule has 168 valence electrons. The van der Waals surface area contributed by atoms with E-state index in [0.717, 1.165) is 22.3 Å². The molecule has 0 spiro atoms. The highest BCUT2D eigenvalue weighted by Gasteiger charge is 2.13. The molecule has 0 atom stereocenters. The van der Waals surface area contributed by atoms with Crippen LogP contribution in [0.25, 0.3) is 11.0 Å². The van der Waals surface area contributed by atoms with Gasteiger partial charge in [-0.05, 0) is 48.0 Å². The van der Waals surface area contributed by atoms with E-state index in [4.69, 9.17) is 11.6 Å². The molecule has 2 aromatic heterocycles. The molecule has 0 aliphatic rings. The summed E-state index contributed by atoms with van der Waals surface area (Å²) in [5.74, 6) is 1.15. The van der Waals surface area contributed by atoms with Gasteiger partial charge >= 0.3 is 0 Å². The van der Waals surface area contributed by atoms with Crippen LogP contribution >= 0.6 is 11.6 Å². The summed E-state index contributed by atoms with van der Waals surface area (Å²) >= 11 is 6.10. The number of halogens is 1. The molecular weight excluding hydrogens is 450 g/mol. The third-order valence-electron chi connectivity index (χ3n) is 5.15. The van der Waals surface area contributed by atoms with Crippen LogP contribution in [-0.4, -0.2) is 26.1 Å². The minimum atomic E-state index is -0.105. The second-order valence-electron chi connectivity index (χ2n) is 7.53. The van der Waals surface area contributed by atoms with E-state index in [-0.39, 0.29) is 5.91 Å². The number of carbonyl (C=O) groups excluding carboxylic acids is 1. The van der Waals surface area contributed by atoms with E-state index >= 15 is 0 Å². The topological polar surface area (TPSA) is 108 Å². The Hall–Kier alpha value is -4.43. The summed E-state index contributed by atoms with van der Waals surface area (Å²) in [6.45, 7) is 0.433. The molecule has 5 aromatic rings. The number of aromatic amines is 1. The lowest BCUT2D eigenvalue weighted by atomic mass is 10.2. The van der Waals surface area contributed by atoms with E-state index in [1.54, 1.807) is 12.1 Å². The molecule has 0 aliphatic carbocycles. The van der Waals surface area contributed by atoms with Crippen LogP contribution in [0.3, 0.4) is 0 Å². The maximum atomic E-state index is 12.2. The van der Waals surface area contributed by atoms with Gasteiger partial charge in [0, 0.05) is 28.5 Å². The van der Waals surface area contributed by atoms with E-state index in [0.29, 0.717) is 34.4 Å². The van der Waals surface area contributed by atoms with Gasteiger partial charge in [0.15, 0.2) is 5.65 Å². The highest BCUT2D eigenvalue weighted by atomic mass is 35.5. The molecule has 8 nitrogen and oxygen atoms in total. The Morgan fingerprint density at radius 3 is 2.50 bits per heavy atom. The third kappa shape index (κ3) is 4.82. The first-order valence-corrected chi connectivity index (χ1v) is 10.9. The van der Waals surface area contributed by atoms with Crippen LogP contribution < -0.4 is 16.0 Å². The van der Waals surface area contributed by atoms with Gasteiger partial charge < -0.3 is 16.0 Å². The van der Waals surface area contributed by atoms with Gasteiger partial charge in [-0.15, -0.1) is 0 Å². The van der Waals surface area contributed by atoms with Crippen molar-refractivity contribution in [2.24, 2.45) is 0 Å². The van der Waals surface area contributed by atoms with Crippen molar-refractivity contribution in [2.45, 2.75) is 6.54 Å². The first-order chi connectivity index (χ1) is 16.7. The second-order valence-corrected chi connectivity index (χ2v) is 7.96. The summed E-state index contributed by atoms with van der Waals surface area (Å²) in [4.78, 5) is 20.9. The fourth-order valence-electron chi connectivity index (χ4n) is 3.47. The molecule has 34 heavy (non-hydrogen) atoms. The minimum Gasteiger partial charge on any atom is -0.348 e. The van der Waals surface area contributed by atoms with E-state index in [9.17, 15) is 4.79 Å². The summed E-state index contributed by atoms with van der Waals surface area (Å²) < 4.78 is 0. The van der Waals surface area contributed by atoms with Crippen LogP contribution in [0.5, 0.6) is 0 Å². The predicted molar refractivity (Wildman–Crippen MR) is 134 cm³/mol. The van der Waals surface area contributed by atoms with Crippen LogP contribution in [0, 0.1) is 0 Å². The monoisotopic (exact) mass is 469 g/mol. The zero-order chi connectivity index (χ0) is 23.3. The number of anilines is 4. The fourth-order valence-corrected chi connectivity index (χ4v) is 3.66. The number of aromatic nitrogens is 4. The number of H-pyrrole nitrogens is 1. The van der Waals surface area contributed by atoms with E-state index in [2.05, 4.69) is 36.1 Å². The van der Waals surface area contributed by atoms with Gasteiger partial charge in [0.1, 0.15) is 23.3 Å². The van der Waals surface area contributed by atoms with Gasteiger partial charge in [-0.2, -0.15) is 5.10 Å². The van der Waals surface area contributed by atoms with Gasteiger partial charge in [0.2, 0.25) is 0 Å². The molecule has 2 heterocycles. The highest BCUT2D eigenvalue weighted by Crippen LogP contribution is 2.30. The quantitative estimate of drug-likeness (QED) is 0.253. The minimum absolute atomic E-state index is 0.105. The Bertz CT molecular complexity index is 1440. The molecule has 9 heteroatoms. The van der Waals surface area contributed by atoms with Crippen LogP contribution in [0.4, 0.5) is 23.0 Å². The Labute approximate surface area is 200 Å². The van der Waals surface area contributed by atoms with Gasteiger partial charge in [0.25, 0.3) is 5.91 Å². The number of benzene rings is 3. The van der Waals surface area contributed by atoms with Gasteiger partial charge in [-0.3, -0.25) is 9.89 Å². The SMILES string of the molecule is O=C(NCc1ccc(Nc2[nH]nc3ncnc(Nc4cccc(Cl)c4)c23)cc1)c1ccccc1. The van der Waals surface area contributed by atoms with Crippen molar-refractivity contribution in [3.63, 3.8) is 0 Å². The average Bonchev–Trinajstić information content (AvgIpc) is 3.28. The number of nitrogens with zero attached hydrogens (tertiary/aromatic N) is 3. The van der Waals surface area contributed by atoms with Gasteiger partial charge in [0.05, 0.1) is 0 Å². The second kappa shape index (κ2) is 9.60. The maximum Gasteiger partial charge on any atom is 0.251 e. The first-order valence-electron chi connectivity index (χ1n) is 10.6. The molecule has 0 aliphatic heterocycles. The van der Waals surface area contributed by atoms with Crippen molar-refractivity contribution in [3.05, 3.63) is 101 Å². The molecule has 5 rings (SSSR count). The van der Waals surface area contributed by atoms with Crippen LogP contribution in [0.15, 0.2) is 85.2 Å². The van der Waals surface area contributed by atoms with Crippen molar-refractivity contribution in [2.75, 3.05) is 10.6 Å². The summed E-state index contributed by atoms with van der Waals surface area (Å²) in [7, 11) is 0. The highest BCUT2D eigenvalue weighted by molar-refractivity contribution is 6.30. The largest absolute Gasteiger partial charge is 0.348 e. The predicted octanol–water partition coefficient (Wildman–Crippen LogP) is 5.42. The maximum absolute atomic E-state index is 12.2. The summed E-state index contributed by atoms with van der Waals surface area (Å²) in [5.41, 5.74) is 3.80. The Morgan fingerprint density at radius 2 is 1.71 bits per heavy atom. The van der Waals surface area contributed by atoms with Crippen molar-refractivity contribution in [1.82, 2.24) is 25.5 Å². The molecule has 0 radical (unpaired) electrons. The van der Waals surface area contributed by atoms with Crippen molar-refractivity contribution < 1.29 is 4.79 Å². The number of rotatable bonds is 7. The van der Waals surface area contributed by atoms with Crippen molar-refractivity contribution in [1.29, 1.82) is 0 Å².